The number of hydrogen-bond acceptors (Lipinski definition) is 5. The molecule has 8 heteroatoms. The van der Waals surface area contributed by atoms with Crippen LogP contribution < -0.4 is 10.9 Å². The van der Waals surface area contributed by atoms with Crippen molar-refractivity contribution in [3.05, 3.63) is 35.2 Å². The summed E-state index contributed by atoms with van der Waals surface area (Å²) in [5, 5.41) is 4.53. The minimum Gasteiger partial charge on any atom is -0.339 e. The topological polar surface area (TPSA) is 97.1 Å². The zero-order valence-corrected chi connectivity index (χ0v) is 15.1. The maximum atomic E-state index is 12.0. The number of benzene rings is 1. The number of carbonyl (C=O) groups is 2. The molecule has 1 heterocycles. The number of rotatable bonds is 5. The normalized spacial score (nSPS) is 14.8. The van der Waals surface area contributed by atoms with E-state index >= 15 is 0 Å². The second-order valence-corrected chi connectivity index (χ2v) is 6.83. The van der Waals surface area contributed by atoms with Gasteiger partial charge in [0, 0.05) is 29.3 Å². The standard InChI is InChI=1S/C18H21ClN4O3/c19-14-8-6-12(7-9-14)17-20-16(26-23-17)11-10-15(24)21-22-18(25)13-4-2-1-3-5-13/h6-9,13H,1-5,10-11H2,(H,21,24)(H,22,25). The van der Waals surface area contributed by atoms with Gasteiger partial charge in [0.05, 0.1) is 0 Å². The lowest BCUT2D eigenvalue weighted by Crippen LogP contribution is -2.45. The number of aromatic nitrogens is 2. The fourth-order valence-electron chi connectivity index (χ4n) is 2.95. The number of carbonyl (C=O) groups excluding carboxylic acids is 2. The Morgan fingerprint density at radius 2 is 1.85 bits per heavy atom. The molecule has 0 radical (unpaired) electrons. The predicted octanol–water partition coefficient (Wildman–Crippen LogP) is 3.05. The molecule has 0 bridgehead atoms. The van der Waals surface area contributed by atoms with Gasteiger partial charge in [-0.25, -0.2) is 0 Å². The van der Waals surface area contributed by atoms with Gasteiger partial charge in [0.2, 0.25) is 23.5 Å². The lowest BCUT2D eigenvalue weighted by Gasteiger charge is -2.20. The lowest BCUT2D eigenvalue weighted by molar-refractivity contribution is -0.131. The molecule has 0 atom stereocenters. The van der Waals surface area contributed by atoms with Crippen molar-refractivity contribution in [2.75, 3.05) is 0 Å². The first kappa shape index (κ1) is 18.4. The van der Waals surface area contributed by atoms with Gasteiger partial charge >= 0.3 is 0 Å². The van der Waals surface area contributed by atoms with Gasteiger partial charge in [0.1, 0.15) is 0 Å². The Hall–Kier alpha value is -2.41. The zero-order valence-electron chi connectivity index (χ0n) is 14.3. The molecule has 0 saturated heterocycles. The van der Waals surface area contributed by atoms with Crippen molar-refractivity contribution in [1.29, 1.82) is 0 Å². The van der Waals surface area contributed by atoms with Gasteiger partial charge in [-0.05, 0) is 37.1 Å². The van der Waals surface area contributed by atoms with Gasteiger partial charge in [0.15, 0.2) is 0 Å². The van der Waals surface area contributed by atoms with Crippen molar-refractivity contribution in [3.63, 3.8) is 0 Å². The minimum absolute atomic E-state index is 0.00178. The molecule has 138 valence electrons. The van der Waals surface area contributed by atoms with Crippen molar-refractivity contribution >= 4 is 23.4 Å². The Labute approximate surface area is 156 Å². The maximum absolute atomic E-state index is 12.0. The van der Waals surface area contributed by atoms with Crippen LogP contribution in [0.4, 0.5) is 0 Å². The fourth-order valence-corrected chi connectivity index (χ4v) is 3.08. The summed E-state index contributed by atoms with van der Waals surface area (Å²) >= 11 is 5.85. The first-order valence-electron chi connectivity index (χ1n) is 8.79. The highest BCUT2D eigenvalue weighted by molar-refractivity contribution is 6.30. The molecule has 2 aromatic rings. The van der Waals surface area contributed by atoms with Gasteiger partial charge in [-0.15, -0.1) is 0 Å². The van der Waals surface area contributed by atoms with Gasteiger partial charge in [-0.3, -0.25) is 20.4 Å². The molecule has 1 aliphatic rings. The average molecular weight is 377 g/mol. The van der Waals surface area contributed by atoms with E-state index in [2.05, 4.69) is 21.0 Å². The van der Waals surface area contributed by atoms with E-state index in [4.69, 9.17) is 16.1 Å². The van der Waals surface area contributed by atoms with Crippen molar-refractivity contribution < 1.29 is 14.1 Å². The Kier molecular flexibility index (Phi) is 6.22. The van der Waals surface area contributed by atoms with Crippen LogP contribution in [0.15, 0.2) is 28.8 Å². The zero-order chi connectivity index (χ0) is 18.4. The largest absolute Gasteiger partial charge is 0.339 e. The van der Waals surface area contributed by atoms with E-state index in [0.717, 1.165) is 31.2 Å². The van der Waals surface area contributed by atoms with E-state index in [9.17, 15) is 9.59 Å². The van der Waals surface area contributed by atoms with E-state index in [1.165, 1.54) is 6.42 Å². The maximum Gasteiger partial charge on any atom is 0.241 e. The number of nitrogens with zero attached hydrogens (tertiary/aromatic N) is 2. The molecule has 0 aliphatic heterocycles. The number of amides is 2. The van der Waals surface area contributed by atoms with Crippen LogP contribution in [0.1, 0.15) is 44.4 Å². The smallest absolute Gasteiger partial charge is 0.241 e. The molecular formula is C18H21ClN4O3. The molecule has 7 nitrogen and oxygen atoms in total. The molecular weight excluding hydrogens is 356 g/mol. The average Bonchev–Trinajstić information content (AvgIpc) is 3.14. The number of nitrogens with one attached hydrogen (secondary N) is 2. The second-order valence-electron chi connectivity index (χ2n) is 6.39. The summed E-state index contributed by atoms with van der Waals surface area (Å²) in [5.74, 6) is 0.412. The third-order valence-electron chi connectivity index (χ3n) is 4.44. The highest BCUT2D eigenvalue weighted by Gasteiger charge is 2.21. The second kappa shape index (κ2) is 8.80. The number of hydrazine groups is 1. The Morgan fingerprint density at radius 3 is 2.58 bits per heavy atom. The molecule has 0 unspecified atom stereocenters. The highest BCUT2D eigenvalue weighted by atomic mass is 35.5. The Bertz CT molecular complexity index is 754. The van der Waals surface area contributed by atoms with Gasteiger partial charge in [0.25, 0.3) is 0 Å². The summed E-state index contributed by atoms with van der Waals surface area (Å²) in [7, 11) is 0. The van der Waals surface area contributed by atoms with Crippen LogP contribution in [-0.4, -0.2) is 22.0 Å². The molecule has 1 aromatic carbocycles. The van der Waals surface area contributed by atoms with E-state index in [1.807, 2.05) is 0 Å². The summed E-state index contributed by atoms with van der Waals surface area (Å²) in [5.41, 5.74) is 5.74. The van der Waals surface area contributed by atoms with E-state index < -0.39 is 0 Å². The van der Waals surface area contributed by atoms with Crippen molar-refractivity contribution in [3.8, 4) is 11.4 Å². The molecule has 26 heavy (non-hydrogen) atoms. The number of aryl methyl sites for hydroxylation is 1. The van der Waals surface area contributed by atoms with Crippen LogP contribution in [-0.2, 0) is 16.0 Å². The molecule has 1 aliphatic carbocycles. The van der Waals surface area contributed by atoms with Gasteiger partial charge in [-0.2, -0.15) is 4.98 Å². The first-order valence-corrected chi connectivity index (χ1v) is 9.17. The molecule has 1 fully saturated rings. The summed E-state index contributed by atoms with van der Waals surface area (Å²) in [6, 6.07) is 7.08. The summed E-state index contributed by atoms with van der Waals surface area (Å²) in [4.78, 5) is 28.1. The lowest BCUT2D eigenvalue weighted by atomic mass is 9.89. The van der Waals surface area contributed by atoms with Crippen LogP contribution in [0.5, 0.6) is 0 Å². The minimum atomic E-state index is -0.291. The summed E-state index contributed by atoms with van der Waals surface area (Å²) in [6.07, 6.45) is 5.53. The summed E-state index contributed by atoms with van der Waals surface area (Å²) in [6.45, 7) is 0. The van der Waals surface area contributed by atoms with E-state index in [-0.39, 0.29) is 24.2 Å². The summed E-state index contributed by atoms with van der Waals surface area (Å²) < 4.78 is 5.16. The van der Waals surface area contributed by atoms with Crippen molar-refractivity contribution in [2.45, 2.75) is 44.9 Å². The van der Waals surface area contributed by atoms with Crippen LogP contribution in [0, 0.1) is 5.92 Å². The first-order chi connectivity index (χ1) is 12.6. The van der Waals surface area contributed by atoms with Crippen LogP contribution in [0.3, 0.4) is 0 Å². The monoisotopic (exact) mass is 376 g/mol. The van der Waals surface area contributed by atoms with Gasteiger partial charge in [-0.1, -0.05) is 36.0 Å². The molecule has 0 spiro atoms. The number of hydrogen-bond donors (Lipinski definition) is 2. The van der Waals surface area contributed by atoms with E-state index in [1.54, 1.807) is 24.3 Å². The third kappa shape index (κ3) is 5.05. The predicted molar refractivity (Wildman–Crippen MR) is 95.9 cm³/mol. The van der Waals surface area contributed by atoms with Crippen LogP contribution >= 0.6 is 11.6 Å². The van der Waals surface area contributed by atoms with E-state index in [0.29, 0.717) is 23.2 Å². The Morgan fingerprint density at radius 1 is 1.12 bits per heavy atom. The molecule has 2 N–H and O–H groups in total. The van der Waals surface area contributed by atoms with Crippen LogP contribution in [0.2, 0.25) is 5.02 Å². The quantitative estimate of drug-likeness (QED) is 0.781. The SMILES string of the molecule is O=C(CCc1nc(-c2ccc(Cl)cc2)no1)NNC(=O)C1CCCCC1. The molecule has 1 aromatic heterocycles. The van der Waals surface area contributed by atoms with Crippen molar-refractivity contribution in [2.24, 2.45) is 5.92 Å². The van der Waals surface area contributed by atoms with Crippen molar-refractivity contribution in [1.82, 2.24) is 21.0 Å². The van der Waals surface area contributed by atoms with Gasteiger partial charge < -0.3 is 4.52 Å². The highest BCUT2D eigenvalue weighted by Crippen LogP contribution is 2.23. The fraction of sp³-hybridized carbons (Fsp3) is 0.444. The number of halogens is 1. The third-order valence-corrected chi connectivity index (χ3v) is 4.69. The molecule has 2 amide bonds. The Balaban J connectivity index is 1.43. The molecule has 1 saturated carbocycles. The van der Waals surface area contributed by atoms with Crippen LogP contribution in [0.25, 0.3) is 11.4 Å². The molecule has 3 rings (SSSR count).